The number of nitrogens with zero attached hydrogens (tertiary/aromatic N) is 1. The summed E-state index contributed by atoms with van der Waals surface area (Å²) in [6.45, 7) is 0.534. The maximum atomic E-state index is 11.6. The summed E-state index contributed by atoms with van der Waals surface area (Å²) < 4.78 is 5.10. The Labute approximate surface area is 141 Å². The minimum absolute atomic E-state index is 0.0963. The molecule has 6 heteroatoms. The molecule has 0 saturated heterocycles. The number of methoxy groups -OCH3 is 1. The predicted octanol–water partition coefficient (Wildman–Crippen LogP) is 2.02. The van der Waals surface area contributed by atoms with E-state index < -0.39 is 0 Å². The van der Waals surface area contributed by atoms with Crippen LogP contribution in [-0.4, -0.2) is 32.6 Å². The number of nitrogens with one attached hydrogen (secondary N) is 2. The van der Waals surface area contributed by atoms with Gasteiger partial charge in [-0.1, -0.05) is 12.1 Å². The van der Waals surface area contributed by atoms with E-state index in [4.69, 9.17) is 10.5 Å². The molecule has 0 heterocycles. The minimum Gasteiger partial charge on any atom is -0.497 e. The van der Waals surface area contributed by atoms with E-state index in [1.165, 1.54) is 0 Å². The van der Waals surface area contributed by atoms with Crippen molar-refractivity contribution in [2.24, 2.45) is 10.7 Å². The van der Waals surface area contributed by atoms with Gasteiger partial charge in [-0.05, 0) is 48.4 Å². The van der Waals surface area contributed by atoms with E-state index in [2.05, 4.69) is 15.6 Å². The Bertz CT molecular complexity index is 711. The molecule has 0 atom stereocenters. The third-order valence-electron chi connectivity index (χ3n) is 3.46. The van der Waals surface area contributed by atoms with Gasteiger partial charge in [-0.25, -0.2) is 0 Å². The molecule has 0 spiro atoms. The summed E-state index contributed by atoms with van der Waals surface area (Å²) >= 11 is 0. The molecule has 0 unspecified atom stereocenters. The molecule has 0 aliphatic carbocycles. The third-order valence-corrected chi connectivity index (χ3v) is 3.46. The number of hydrogen-bond donors (Lipinski definition) is 3. The highest BCUT2D eigenvalue weighted by Gasteiger charge is 2.03. The lowest BCUT2D eigenvalue weighted by Crippen LogP contribution is -2.23. The van der Waals surface area contributed by atoms with Gasteiger partial charge in [0.15, 0.2) is 5.96 Å². The first kappa shape index (κ1) is 17.3. The minimum atomic E-state index is -0.0963. The molecule has 126 valence electrons. The van der Waals surface area contributed by atoms with Crippen LogP contribution in [0.1, 0.15) is 15.9 Å². The molecule has 2 aromatic rings. The van der Waals surface area contributed by atoms with Crippen molar-refractivity contribution in [2.45, 2.75) is 6.42 Å². The van der Waals surface area contributed by atoms with E-state index in [0.717, 1.165) is 17.0 Å². The lowest BCUT2D eigenvalue weighted by molar-refractivity contribution is 0.0963. The largest absolute Gasteiger partial charge is 0.497 e. The maximum absolute atomic E-state index is 11.6. The van der Waals surface area contributed by atoms with Gasteiger partial charge < -0.3 is 21.1 Å². The van der Waals surface area contributed by atoms with Gasteiger partial charge in [0, 0.05) is 24.8 Å². The van der Waals surface area contributed by atoms with Crippen LogP contribution in [-0.2, 0) is 6.42 Å². The van der Waals surface area contributed by atoms with Crippen LogP contribution < -0.4 is 21.1 Å². The Balaban J connectivity index is 1.89. The number of carbonyl (C=O) groups is 1. The Morgan fingerprint density at radius 1 is 1.21 bits per heavy atom. The first-order valence-corrected chi connectivity index (χ1v) is 7.64. The van der Waals surface area contributed by atoms with Gasteiger partial charge in [-0.2, -0.15) is 0 Å². The zero-order valence-electron chi connectivity index (χ0n) is 13.9. The smallest absolute Gasteiger partial charge is 0.251 e. The number of guanidine groups is 1. The van der Waals surface area contributed by atoms with Gasteiger partial charge in [0.1, 0.15) is 5.75 Å². The fourth-order valence-electron chi connectivity index (χ4n) is 2.18. The van der Waals surface area contributed by atoms with Crippen molar-refractivity contribution in [1.29, 1.82) is 0 Å². The van der Waals surface area contributed by atoms with Crippen LogP contribution in [0.25, 0.3) is 0 Å². The molecule has 0 bridgehead atoms. The Morgan fingerprint density at radius 3 is 2.62 bits per heavy atom. The topological polar surface area (TPSA) is 88.7 Å². The van der Waals surface area contributed by atoms with Crippen molar-refractivity contribution < 1.29 is 9.53 Å². The van der Waals surface area contributed by atoms with Crippen LogP contribution >= 0.6 is 0 Å². The van der Waals surface area contributed by atoms with Crippen molar-refractivity contribution in [3.63, 3.8) is 0 Å². The zero-order valence-corrected chi connectivity index (χ0v) is 13.9. The van der Waals surface area contributed by atoms with Crippen molar-refractivity contribution >= 4 is 17.6 Å². The highest BCUT2D eigenvalue weighted by Crippen LogP contribution is 2.14. The van der Waals surface area contributed by atoms with Gasteiger partial charge in [0.25, 0.3) is 5.91 Å². The fraction of sp³-hybridized carbons (Fsp3) is 0.222. The molecule has 0 aliphatic heterocycles. The molecule has 2 rings (SSSR count). The molecule has 4 N–H and O–H groups in total. The molecule has 1 amide bonds. The molecule has 24 heavy (non-hydrogen) atoms. The van der Waals surface area contributed by atoms with Crippen LogP contribution in [0.3, 0.4) is 0 Å². The van der Waals surface area contributed by atoms with Gasteiger partial charge in [-0.15, -0.1) is 0 Å². The summed E-state index contributed by atoms with van der Waals surface area (Å²) in [5, 5.41) is 5.64. The molecule has 0 aromatic heterocycles. The van der Waals surface area contributed by atoms with Crippen LogP contribution in [0.15, 0.2) is 53.5 Å². The van der Waals surface area contributed by atoms with Crippen LogP contribution in [0, 0.1) is 0 Å². The second-order valence-corrected chi connectivity index (χ2v) is 5.15. The normalized spacial score (nSPS) is 11.0. The number of nitrogens with two attached hydrogens (primary N) is 1. The highest BCUT2D eigenvalue weighted by molar-refractivity contribution is 5.94. The Kier molecular flexibility index (Phi) is 6.19. The van der Waals surface area contributed by atoms with E-state index in [0.29, 0.717) is 24.5 Å². The van der Waals surface area contributed by atoms with E-state index in [-0.39, 0.29) is 5.91 Å². The number of ether oxygens (including phenoxy) is 1. The molecule has 0 fully saturated rings. The van der Waals surface area contributed by atoms with Crippen molar-refractivity contribution in [1.82, 2.24) is 5.32 Å². The average molecular weight is 326 g/mol. The summed E-state index contributed by atoms with van der Waals surface area (Å²) in [6, 6.07) is 14.9. The maximum Gasteiger partial charge on any atom is 0.251 e. The lowest BCUT2D eigenvalue weighted by Gasteiger charge is -2.07. The summed E-state index contributed by atoms with van der Waals surface area (Å²) in [4.78, 5) is 15.9. The molecule has 0 aliphatic rings. The molecular weight excluding hydrogens is 304 g/mol. The van der Waals surface area contributed by atoms with Gasteiger partial charge >= 0.3 is 0 Å². The zero-order chi connectivity index (χ0) is 17.4. The average Bonchev–Trinajstić information content (AvgIpc) is 2.62. The SMILES string of the molecule is CNC(=O)c1cccc(CCN=C(N)Nc2ccc(OC)cc2)c1. The molecule has 2 aromatic carbocycles. The van der Waals surface area contributed by atoms with Gasteiger partial charge in [0.05, 0.1) is 7.11 Å². The summed E-state index contributed by atoms with van der Waals surface area (Å²) in [5.41, 5.74) is 8.41. The molecular formula is C18H22N4O2. The van der Waals surface area contributed by atoms with Gasteiger partial charge in [-0.3, -0.25) is 9.79 Å². The quantitative estimate of drug-likeness (QED) is 0.560. The van der Waals surface area contributed by atoms with Crippen molar-refractivity contribution in [2.75, 3.05) is 26.0 Å². The van der Waals surface area contributed by atoms with Crippen molar-refractivity contribution in [3.8, 4) is 5.75 Å². The number of hydrogen-bond acceptors (Lipinski definition) is 3. The van der Waals surface area contributed by atoms with E-state index in [9.17, 15) is 4.79 Å². The van der Waals surface area contributed by atoms with Crippen molar-refractivity contribution in [3.05, 3.63) is 59.7 Å². The standard InChI is InChI=1S/C18H22N4O2/c1-20-17(23)14-5-3-4-13(12-14)10-11-21-18(19)22-15-6-8-16(24-2)9-7-15/h3-9,12H,10-11H2,1-2H3,(H,20,23)(H3,19,21,22). The fourth-order valence-corrected chi connectivity index (χ4v) is 2.18. The summed E-state index contributed by atoms with van der Waals surface area (Å²) in [7, 11) is 3.24. The highest BCUT2D eigenvalue weighted by atomic mass is 16.5. The summed E-state index contributed by atoms with van der Waals surface area (Å²) in [6.07, 6.45) is 0.704. The van der Waals surface area contributed by atoms with Gasteiger partial charge in [0.2, 0.25) is 0 Å². The number of aliphatic imine (C=N–C) groups is 1. The predicted molar refractivity (Wildman–Crippen MR) is 96.6 cm³/mol. The van der Waals surface area contributed by atoms with Crippen LogP contribution in [0.5, 0.6) is 5.75 Å². The summed E-state index contributed by atoms with van der Waals surface area (Å²) in [5.74, 6) is 1.04. The molecule has 0 radical (unpaired) electrons. The molecule has 6 nitrogen and oxygen atoms in total. The van der Waals surface area contributed by atoms with Crippen LogP contribution in [0.4, 0.5) is 5.69 Å². The number of carbonyl (C=O) groups excluding carboxylic acids is 1. The molecule has 0 saturated carbocycles. The van der Waals surface area contributed by atoms with E-state index in [1.807, 2.05) is 42.5 Å². The van der Waals surface area contributed by atoms with E-state index in [1.54, 1.807) is 20.2 Å². The number of anilines is 1. The number of amides is 1. The number of rotatable bonds is 6. The van der Waals surface area contributed by atoms with Crippen LogP contribution in [0.2, 0.25) is 0 Å². The second kappa shape index (κ2) is 8.57. The first-order chi connectivity index (χ1) is 11.6. The number of benzene rings is 2. The Morgan fingerprint density at radius 2 is 1.96 bits per heavy atom. The monoisotopic (exact) mass is 326 g/mol. The van der Waals surface area contributed by atoms with E-state index >= 15 is 0 Å². The Hall–Kier alpha value is -3.02. The lowest BCUT2D eigenvalue weighted by atomic mass is 10.1. The second-order valence-electron chi connectivity index (χ2n) is 5.15. The first-order valence-electron chi connectivity index (χ1n) is 7.64. The third kappa shape index (κ3) is 5.01.